The Kier molecular flexibility index (Phi) is 7.40. The van der Waals surface area contributed by atoms with Crippen molar-refractivity contribution in [3.05, 3.63) is 83.4 Å². The topological polar surface area (TPSA) is 97.4 Å². The maximum atomic E-state index is 13.5. The van der Waals surface area contributed by atoms with Gasteiger partial charge in [-0.1, -0.05) is 18.2 Å². The van der Waals surface area contributed by atoms with E-state index in [1.807, 2.05) is 0 Å². The van der Waals surface area contributed by atoms with Gasteiger partial charge in [-0.3, -0.25) is 14.5 Å². The van der Waals surface area contributed by atoms with Gasteiger partial charge in [0.25, 0.3) is 15.9 Å². The van der Waals surface area contributed by atoms with Crippen LogP contribution in [0.1, 0.15) is 28.4 Å². The highest BCUT2D eigenvalue weighted by Crippen LogP contribution is 2.32. The lowest BCUT2D eigenvalue weighted by Crippen LogP contribution is -2.26. The number of halogens is 4. The highest BCUT2D eigenvalue weighted by Gasteiger charge is 2.34. The molecule has 0 aliphatic heterocycles. The smallest absolute Gasteiger partial charge is 0.419 e. The molecule has 12 heteroatoms. The number of pyridine rings is 1. The predicted molar refractivity (Wildman–Crippen MR) is 115 cm³/mol. The molecule has 0 atom stereocenters. The zero-order valence-corrected chi connectivity index (χ0v) is 18.5. The molecule has 2 N–H and O–H groups in total. The van der Waals surface area contributed by atoms with Crippen molar-refractivity contribution in [2.24, 2.45) is 0 Å². The molecule has 34 heavy (non-hydrogen) atoms. The number of amides is 1. The monoisotopic (exact) mass is 497 g/mol. The fourth-order valence-electron chi connectivity index (χ4n) is 3.01. The summed E-state index contributed by atoms with van der Waals surface area (Å²) in [6.45, 7) is 1.61. The SMILES string of the molecule is CCOc1ccncc1NS(=O)(=O)c1ccccc1C(=O)NCc1ccc(F)c(C(F)(F)F)c1. The minimum absolute atomic E-state index is 0.0164. The van der Waals surface area contributed by atoms with Crippen LogP contribution in [-0.4, -0.2) is 25.9 Å². The average molecular weight is 497 g/mol. The Labute approximate surface area is 192 Å². The summed E-state index contributed by atoms with van der Waals surface area (Å²) in [5.41, 5.74) is -1.66. The molecule has 0 aliphatic rings. The number of carbonyl (C=O) groups is 1. The highest BCUT2D eigenvalue weighted by molar-refractivity contribution is 7.92. The maximum Gasteiger partial charge on any atom is 0.419 e. The molecule has 3 rings (SSSR count). The Morgan fingerprint density at radius 1 is 1.12 bits per heavy atom. The molecule has 0 saturated carbocycles. The van der Waals surface area contributed by atoms with Gasteiger partial charge >= 0.3 is 6.18 Å². The number of aromatic nitrogens is 1. The summed E-state index contributed by atoms with van der Waals surface area (Å²) in [5.74, 6) is -2.05. The molecule has 180 valence electrons. The number of nitrogens with one attached hydrogen (secondary N) is 2. The third kappa shape index (κ3) is 5.81. The van der Waals surface area contributed by atoms with Gasteiger partial charge < -0.3 is 10.1 Å². The molecule has 7 nitrogen and oxygen atoms in total. The van der Waals surface area contributed by atoms with Crippen LogP contribution in [0.4, 0.5) is 23.2 Å². The van der Waals surface area contributed by atoms with Gasteiger partial charge in [0.15, 0.2) is 0 Å². The van der Waals surface area contributed by atoms with Crippen LogP contribution in [0.25, 0.3) is 0 Å². The third-order valence-electron chi connectivity index (χ3n) is 4.54. The van der Waals surface area contributed by atoms with Gasteiger partial charge in [0.1, 0.15) is 22.1 Å². The first-order valence-corrected chi connectivity index (χ1v) is 11.3. The number of alkyl halides is 3. The Morgan fingerprint density at radius 2 is 1.85 bits per heavy atom. The molecule has 1 amide bonds. The van der Waals surface area contributed by atoms with Crippen molar-refractivity contribution in [1.29, 1.82) is 0 Å². The van der Waals surface area contributed by atoms with E-state index < -0.39 is 33.5 Å². The normalized spacial score (nSPS) is 11.7. The zero-order chi connectivity index (χ0) is 24.9. The molecule has 0 unspecified atom stereocenters. The number of hydrogen-bond acceptors (Lipinski definition) is 5. The first kappa shape index (κ1) is 25.0. The lowest BCUT2D eigenvalue weighted by Gasteiger charge is -2.15. The molecule has 0 spiro atoms. The molecular formula is C22H19F4N3O4S. The summed E-state index contributed by atoms with van der Waals surface area (Å²) in [6.07, 6.45) is -2.23. The van der Waals surface area contributed by atoms with Crippen molar-refractivity contribution >= 4 is 21.6 Å². The van der Waals surface area contributed by atoms with Crippen molar-refractivity contribution in [3.8, 4) is 5.75 Å². The van der Waals surface area contributed by atoms with Gasteiger partial charge in [-0.15, -0.1) is 0 Å². The predicted octanol–water partition coefficient (Wildman–Crippen LogP) is 4.37. The molecule has 0 radical (unpaired) electrons. The van der Waals surface area contributed by atoms with E-state index in [4.69, 9.17) is 4.74 Å². The number of ether oxygens (including phenoxy) is 1. The lowest BCUT2D eigenvalue weighted by molar-refractivity contribution is -0.140. The molecule has 0 aliphatic carbocycles. The Balaban J connectivity index is 1.83. The fourth-order valence-corrected chi connectivity index (χ4v) is 4.27. The highest BCUT2D eigenvalue weighted by atomic mass is 32.2. The number of anilines is 1. The number of benzene rings is 2. The maximum absolute atomic E-state index is 13.5. The van der Waals surface area contributed by atoms with Crippen LogP contribution >= 0.6 is 0 Å². The van der Waals surface area contributed by atoms with E-state index >= 15 is 0 Å². The molecule has 1 heterocycles. The first-order chi connectivity index (χ1) is 16.0. The summed E-state index contributed by atoms with van der Waals surface area (Å²) >= 11 is 0. The van der Waals surface area contributed by atoms with E-state index in [1.165, 1.54) is 42.7 Å². The summed E-state index contributed by atoms with van der Waals surface area (Å²) in [7, 11) is -4.27. The van der Waals surface area contributed by atoms with Gasteiger partial charge in [-0.25, -0.2) is 12.8 Å². The third-order valence-corrected chi connectivity index (χ3v) is 5.96. The second-order valence-electron chi connectivity index (χ2n) is 6.90. The van der Waals surface area contributed by atoms with E-state index in [9.17, 15) is 30.8 Å². The van der Waals surface area contributed by atoms with Gasteiger partial charge in [-0.05, 0) is 36.8 Å². The molecule has 0 saturated heterocycles. The number of hydrogen-bond donors (Lipinski definition) is 2. The van der Waals surface area contributed by atoms with Crippen LogP contribution in [0.2, 0.25) is 0 Å². The van der Waals surface area contributed by atoms with Crippen LogP contribution in [0.15, 0.2) is 65.8 Å². The van der Waals surface area contributed by atoms with Crippen LogP contribution in [0, 0.1) is 5.82 Å². The number of nitrogens with zero attached hydrogens (tertiary/aromatic N) is 1. The summed E-state index contributed by atoms with van der Waals surface area (Å²) in [5, 5.41) is 2.36. The molecule has 3 aromatic rings. The van der Waals surface area contributed by atoms with Crippen molar-refractivity contribution in [2.45, 2.75) is 24.5 Å². The Bertz CT molecular complexity index is 1300. The first-order valence-electron chi connectivity index (χ1n) is 9.85. The number of sulfonamides is 1. The minimum Gasteiger partial charge on any atom is -0.492 e. The minimum atomic E-state index is -4.90. The molecular weight excluding hydrogens is 478 g/mol. The Morgan fingerprint density at radius 3 is 2.56 bits per heavy atom. The van der Waals surface area contributed by atoms with E-state index in [0.29, 0.717) is 12.1 Å². The second-order valence-corrected chi connectivity index (χ2v) is 8.55. The van der Waals surface area contributed by atoms with Gasteiger partial charge in [0.2, 0.25) is 0 Å². The van der Waals surface area contributed by atoms with E-state index in [1.54, 1.807) is 6.92 Å². The molecule has 1 aromatic heterocycles. The number of carbonyl (C=O) groups excluding carboxylic acids is 1. The van der Waals surface area contributed by atoms with Crippen LogP contribution in [0.3, 0.4) is 0 Å². The molecule has 2 aromatic carbocycles. The molecule has 0 bridgehead atoms. The quantitative estimate of drug-likeness (QED) is 0.451. The van der Waals surface area contributed by atoms with Crippen LogP contribution in [0.5, 0.6) is 5.75 Å². The standard InChI is InChI=1S/C22H19F4N3O4S/c1-2-33-19-9-10-27-13-18(19)29-34(31,32)20-6-4-3-5-15(20)21(30)28-12-14-7-8-17(23)16(11-14)22(24,25)26/h3-11,13,29H,2,12H2,1H3,(H,28,30). The van der Waals surface area contributed by atoms with Gasteiger partial charge in [0.05, 0.1) is 23.9 Å². The van der Waals surface area contributed by atoms with Crippen molar-refractivity contribution < 1.29 is 35.5 Å². The molecule has 0 fully saturated rings. The van der Waals surface area contributed by atoms with Crippen molar-refractivity contribution in [1.82, 2.24) is 10.3 Å². The lowest BCUT2D eigenvalue weighted by atomic mass is 10.1. The zero-order valence-electron chi connectivity index (χ0n) is 17.7. The summed E-state index contributed by atoms with van der Waals surface area (Å²) < 4.78 is 85.9. The van der Waals surface area contributed by atoms with Gasteiger partial charge in [0, 0.05) is 18.8 Å². The van der Waals surface area contributed by atoms with Crippen LogP contribution < -0.4 is 14.8 Å². The van der Waals surface area contributed by atoms with Gasteiger partial charge in [-0.2, -0.15) is 13.2 Å². The van der Waals surface area contributed by atoms with E-state index in [-0.39, 0.29) is 40.6 Å². The van der Waals surface area contributed by atoms with Crippen molar-refractivity contribution in [3.63, 3.8) is 0 Å². The summed E-state index contributed by atoms with van der Waals surface area (Å²) in [6, 6.07) is 9.09. The second kappa shape index (κ2) is 10.1. The average Bonchev–Trinajstić information content (AvgIpc) is 2.79. The fraction of sp³-hybridized carbons (Fsp3) is 0.182. The van der Waals surface area contributed by atoms with Crippen molar-refractivity contribution in [2.75, 3.05) is 11.3 Å². The summed E-state index contributed by atoms with van der Waals surface area (Å²) in [4.78, 5) is 16.2. The largest absolute Gasteiger partial charge is 0.492 e. The van der Waals surface area contributed by atoms with E-state index in [0.717, 1.165) is 6.07 Å². The van der Waals surface area contributed by atoms with Crippen LogP contribution in [-0.2, 0) is 22.7 Å². The van der Waals surface area contributed by atoms with E-state index in [2.05, 4.69) is 15.0 Å². The Hall–Kier alpha value is -3.67. The number of rotatable bonds is 8.